The molecule has 0 aromatic heterocycles. The highest BCUT2D eigenvalue weighted by Gasteiger charge is 2.38. The Hall–Kier alpha value is -1.14. The van der Waals surface area contributed by atoms with Gasteiger partial charge in [0.1, 0.15) is 6.61 Å². The van der Waals surface area contributed by atoms with E-state index >= 15 is 0 Å². The smallest absolute Gasteiger partial charge is 0.305 e. The standard InChI is InChI=1S/C13H22N2O4/c1-12(8-14-9-12)19-7-10(16)15-13(6-11(17)18)4-2-3-5-13/h14H,2-9H2,1H3,(H,15,16)(H,17,18). The number of carboxylic acid groups (broad SMARTS) is 1. The molecule has 0 spiro atoms. The molecule has 2 fully saturated rings. The minimum atomic E-state index is -0.863. The van der Waals surface area contributed by atoms with Gasteiger partial charge in [-0.2, -0.15) is 0 Å². The number of amides is 1. The average molecular weight is 270 g/mol. The summed E-state index contributed by atoms with van der Waals surface area (Å²) in [6.07, 6.45) is 3.41. The third-order valence-electron chi connectivity index (χ3n) is 4.00. The van der Waals surface area contributed by atoms with Crippen molar-refractivity contribution in [1.29, 1.82) is 0 Å². The summed E-state index contributed by atoms with van der Waals surface area (Å²) in [5, 5.41) is 14.9. The molecule has 1 saturated carbocycles. The molecule has 1 amide bonds. The summed E-state index contributed by atoms with van der Waals surface area (Å²) in [4.78, 5) is 22.8. The van der Waals surface area contributed by atoms with Crippen molar-refractivity contribution in [3.05, 3.63) is 0 Å². The first-order chi connectivity index (χ1) is 8.93. The van der Waals surface area contributed by atoms with Gasteiger partial charge in [0.25, 0.3) is 0 Å². The number of nitrogens with one attached hydrogen (secondary N) is 2. The molecular formula is C13H22N2O4. The fraction of sp³-hybridized carbons (Fsp3) is 0.846. The van der Waals surface area contributed by atoms with Crippen LogP contribution in [0.2, 0.25) is 0 Å². The molecule has 0 bridgehead atoms. The molecular weight excluding hydrogens is 248 g/mol. The molecule has 0 aromatic carbocycles. The fourth-order valence-corrected chi connectivity index (χ4v) is 2.84. The first kappa shape index (κ1) is 14.3. The number of hydrogen-bond donors (Lipinski definition) is 3. The van der Waals surface area contributed by atoms with E-state index in [2.05, 4.69) is 10.6 Å². The van der Waals surface area contributed by atoms with E-state index in [1.54, 1.807) is 0 Å². The van der Waals surface area contributed by atoms with Gasteiger partial charge in [-0.15, -0.1) is 0 Å². The van der Waals surface area contributed by atoms with E-state index in [1.807, 2.05) is 6.92 Å². The number of carbonyl (C=O) groups excluding carboxylic acids is 1. The number of hydrogen-bond acceptors (Lipinski definition) is 4. The normalized spacial score (nSPS) is 23.6. The third kappa shape index (κ3) is 3.67. The lowest BCUT2D eigenvalue weighted by atomic mass is 9.93. The van der Waals surface area contributed by atoms with Crippen molar-refractivity contribution in [1.82, 2.24) is 10.6 Å². The van der Waals surface area contributed by atoms with Gasteiger partial charge in [-0.05, 0) is 19.8 Å². The van der Waals surface area contributed by atoms with Crippen molar-refractivity contribution in [2.24, 2.45) is 0 Å². The van der Waals surface area contributed by atoms with Gasteiger partial charge < -0.3 is 20.5 Å². The zero-order valence-electron chi connectivity index (χ0n) is 11.3. The Morgan fingerprint density at radius 2 is 1.95 bits per heavy atom. The maximum absolute atomic E-state index is 11.9. The molecule has 2 rings (SSSR count). The Morgan fingerprint density at radius 1 is 1.32 bits per heavy atom. The van der Waals surface area contributed by atoms with E-state index in [9.17, 15) is 9.59 Å². The highest BCUT2D eigenvalue weighted by molar-refractivity contribution is 5.79. The Labute approximate surface area is 112 Å². The first-order valence-corrected chi connectivity index (χ1v) is 6.81. The molecule has 1 saturated heterocycles. The van der Waals surface area contributed by atoms with Crippen LogP contribution in [-0.4, -0.2) is 47.8 Å². The van der Waals surface area contributed by atoms with Crippen LogP contribution in [0.25, 0.3) is 0 Å². The quantitative estimate of drug-likeness (QED) is 0.645. The van der Waals surface area contributed by atoms with E-state index in [1.165, 1.54) is 0 Å². The second-order valence-corrected chi connectivity index (χ2v) is 5.95. The summed E-state index contributed by atoms with van der Waals surface area (Å²) < 4.78 is 5.57. The van der Waals surface area contributed by atoms with Gasteiger partial charge in [-0.1, -0.05) is 12.8 Å². The van der Waals surface area contributed by atoms with Gasteiger partial charge in [0.2, 0.25) is 5.91 Å². The number of carbonyl (C=O) groups is 2. The van der Waals surface area contributed by atoms with Crippen LogP contribution in [-0.2, 0) is 14.3 Å². The molecule has 6 nitrogen and oxygen atoms in total. The summed E-state index contributed by atoms with van der Waals surface area (Å²) in [6.45, 7) is 3.46. The van der Waals surface area contributed by atoms with E-state index in [4.69, 9.17) is 9.84 Å². The lowest BCUT2D eigenvalue weighted by Crippen LogP contribution is -2.60. The minimum Gasteiger partial charge on any atom is -0.481 e. The molecule has 0 atom stereocenters. The predicted molar refractivity (Wildman–Crippen MR) is 68.8 cm³/mol. The molecule has 6 heteroatoms. The lowest BCUT2D eigenvalue weighted by Gasteiger charge is -2.39. The molecule has 3 N–H and O–H groups in total. The predicted octanol–water partition coefficient (Wildman–Crippen LogP) is 0.269. The van der Waals surface area contributed by atoms with Crippen LogP contribution in [0.5, 0.6) is 0 Å². The maximum atomic E-state index is 11.9. The molecule has 19 heavy (non-hydrogen) atoms. The Bertz CT molecular complexity index is 360. The van der Waals surface area contributed by atoms with Crippen molar-refractivity contribution < 1.29 is 19.4 Å². The SMILES string of the molecule is CC1(OCC(=O)NC2(CC(=O)O)CCCC2)CNC1. The number of rotatable bonds is 6. The molecule has 108 valence electrons. The summed E-state index contributed by atoms with van der Waals surface area (Å²) in [5.74, 6) is -1.07. The van der Waals surface area contributed by atoms with Gasteiger partial charge in [-0.25, -0.2) is 0 Å². The van der Waals surface area contributed by atoms with Crippen molar-refractivity contribution in [3.63, 3.8) is 0 Å². The van der Waals surface area contributed by atoms with Crippen LogP contribution in [0.1, 0.15) is 39.0 Å². The van der Waals surface area contributed by atoms with Crippen LogP contribution in [0.15, 0.2) is 0 Å². The molecule has 0 aromatic rings. The molecule has 1 heterocycles. The Balaban J connectivity index is 1.83. The van der Waals surface area contributed by atoms with Crippen molar-refractivity contribution >= 4 is 11.9 Å². The van der Waals surface area contributed by atoms with Crippen LogP contribution in [0.3, 0.4) is 0 Å². The fourth-order valence-electron chi connectivity index (χ4n) is 2.84. The van der Waals surface area contributed by atoms with Gasteiger partial charge >= 0.3 is 5.97 Å². The van der Waals surface area contributed by atoms with Gasteiger partial charge in [0.15, 0.2) is 0 Å². The second-order valence-electron chi connectivity index (χ2n) is 5.95. The summed E-state index contributed by atoms with van der Waals surface area (Å²) in [5.41, 5.74) is -0.821. The van der Waals surface area contributed by atoms with E-state index in [0.717, 1.165) is 38.8 Å². The molecule has 2 aliphatic rings. The monoisotopic (exact) mass is 270 g/mol. The number of ether oxygens (including phenoxy) is 1. The van der Waals surface area contributed by atoms with Gasteiger partial charge in [0.05, 0.1) is 17.6 Å². The van der Waals surface area contributed by atoms with Crippen LogP contribution in [0, 0.1) is 0 Å². The van der Waals surface area contributed by atoms with E-state index < -0.39 is 11.5 Å². The Kier molecular flexibility index (Phi) is 4.10. The molecule has 1 aliphatic heterocycles. The lowest BCUT2D eigenvalue weighted by molar-refractivity contribution is -0.141. The van der Waals surface area contributed by atoms with Crippen LogP contribution in [0.4, 0.5) is 0 Å². The largest absolute Gasteiger partial charge is 0.481 e. The molecule has 1 aliphatic carbocycles. The summed E-state index contributed by atoms with van der Waals surface area (Å²) in [6, 6.07) is 0. The zero-order valence-corrected chi connectivity index (χ0v) is 11.3. The van der Waals surface area contributed by atoms with Crippen molar-refractivity contribution in [2.75, 3.05) is 19.7 Å². The van der Waals surface area contributed by atoms with Crippen LogP contribution >= 0.6 is 0 Å². The number of carboxylic acids is 1. The topological polar surface area (TPSA) is 87.7 Å². The molecule has 0 unspecified atom stereocenters. The summed E-state index contributed by atoms with van der Waals surface area (Å²) in [7, 11) is 0. The van der Waals surface area contributed by atoms with Crippen molar-refractivity contribution in [2.45, 2.75) is 50.2 Å². The van der Waals surface area contributed by atoms with Crippen molar-refractivity contribution in [3.8, 4) is 0 Å². The summed E-state index contributed by atoms with van der Waals surface area (Å²) >= 11 is 0. The second kappa shape index (κ2) is 5.46. The highest BCUT2D eigenvalue weighted by Crippen LogP contribution is 2.32. The van der Waals surface area contributed by atoms with Gasteiger partial charge in [-0.3, -0.25) is 9.59 Å². The highest BCUT2D eigenvalue weighted by atomic mass is 16.5. The van der Waals surface area contributed by atoms with E-state index in [-0.39, 0.29) is 24.5 Å². The average Bonchev–Trinajstić information content (AvgIpc) is 2.71. The zero-order chi connectivity index (χ0) is 13.9. The third-order valence-corrected chi connectivity index (χ3v) is 4.00. The minimum absolute atomic E-state index is 0.000447. The first-order valence-electron chi connectivity index (χ1n) is 6.81. The van der Waals surface area contributed by atoms with E-state index in [0.29, 0.717) is 0 Å². The van der Waals surface area contributed by atoms with Crippen LogP contribution < -0.4 is 10.6 Å². The maximum Gasteiger partial charge on any atom is 0.305 e. The molecule has 0 radical (unpaired) electrons. The van der Waals surface area contributed by atoms with Gasteiger partial charge in [0, 0.05) is 13.1 Å². The number of aliphatic carboxylic acids is 1. The Morgan fingerprint density at radius 3 is 2.42 bits per heavy atom.